The van der Waals surface area contributed by atoms with Gasteiger partial charge in [0.2, 0.25) is 5.91 Å². The first-order chi connectivity index (χ1) is 30.3. The largest absolute Gasteiger partial charge is 0.394 e. The molecule has 1 aliphatic rings. The van der Waals surface area contributed by atoms with E-state index >= 15 is 0 Å². The summed E-state index contributed by atoms with van der Waals surface area (Å²) in [7, 11) is 0. The molecule has 0 aromatic heterocycles. The number of rotatable bonds is 43. The molecule has 9 nitrogen and oxygen atoms in total. The van der Waals surface area contributed by atoms with Crippen molar-refractivity contribution < 1.29 is 39.8 Å². The summed E-state index contributed by atoms with van der Waals surface area (Å²) >= 11 is 0. The quantitative estimate of drug-likeness (QED) is 0.0262. The first kappa shape index (κ1) is 58.2. The molecule has 7 atom stereocenters. The molecule has 0 bridgehead atoms. The summed E-state index contributed by atoms with van der Waals surface area (Å²) < 4.78 is 11.2. The number of hydrogen-bond acceptors (Lipinski definition) is 8. The topological polar surface area (TPSA) is 149 Å². The average Bonchev–Trinajstić information content (AvgIpc) is 3.27. The van der Waals surface area contributed by atoms with Crippen LogP contribution in [0.3, 0.4) is 0 Å². The van der Waals surface area contributed by atoms with E-state index in [2.05, 4.69) is 55.6 Å². The number of allylic oxidation sites excluding steroid dienone is 7. The van der Waals surface area contributed by atoms with Gasteiger partial charge in [0.15, 0.2) is 6.29 Å². The zero-order chi connectivity index (χ0) is 45.1. The van der Waals surface area contributed by atoms with Gasteiger partial charge in [-0.25, -0.2) is 0 Å². The second kappa shape index (κ2) is 43.1. The molecule has 6 N–H and O–H groups in total. The van der Waals surface area contributed by atoms with Crippen LogP contribution in [0.1, 0.15) is 226 Å². The third-order valence-corrected chi connectivity index (χ3v) is 12.1. The molecule has 0 spiro atoms. The smallest absolute Gasteiger partial charge is 0.220 e. The van der Waals surface area contributed by atoms with Crippen LogP contribution in [-0.2, 0) is 14.3 Å². The Hall–Kier alpha value is -1.85. The second-order valence-electron chi connectivity index (χ2n) is 18.0. The van der Waals surface area contributed by atoms with Crippen molar-refractivity contribution in [1.82, 2.24) is 5.32 Å². The first-order valence-electron chi connectivity index (χ1n) is 25.9. The molecule has 362 valence electrons. The van der Waals surface area contributed by atoms with Crippen LogP contribution < -0.4 is 5.32 Å². The fraction of sp³-hybridized carbons (Fsp3) is 0.830. The van der Waals surface area contributed by atoms with Gasteiger partial charge >= 0.3 is 0 Å². The monoisotopic (exact) mass is 876 g/mol. The minimum absolute atomic E-state index is 0.180. The molecule has 0 aromatic rings. The van der Waals surface area contributed by atoms with E-state index in [0.29, 0.717) is 6.42 Å². The van der Waals surface area contributed by atoms with E-state index in [9.17, 15) is 30.3 Å². The van der Waals surface area contributed by atoms with Gasteiger partial charge < -0.3 is 40.3 Å². The van der Waals surface area contributed by atoms with Crippen LogP contribution >= 0.6 is 0 Å². The molecule has 0 aromatic carbocycles. The highest BCUT2D eigenvalue weighted by atomic mass is 16.7. The minimum Gasteiger partial charge on any atom is -0.394 e. The van der Waals surface area contributed by atoms with Gasteiger partial charge in [-0.1, -0.05) is 210 Å². The lowest BCUT2D eigenvalue weighted by atomic mass is 9.99. The van der Waals surface area contributed by atoms with Gasteiger partial charge in [-0.15, -0.1) is 0 Å². The number of aliphatic hydroxyl groups is 5. The van der Waals surface area contributed by atoms with Crippen LogP contribution in [0.2, 0.25) is 0 Å². The molecule has 1 amide bonds. The van der Waals surface area contributed by atoms with Crippen molar-refractivity contribution in [3.8, 4) is 0 Å². The Kier molecular flexibility index (Phi) is 40.4. The van der Waals surface area contributed by atoms with Gasteiger partial charge in [0, 0.05) is 6.42 Å². The normalized spacial score (nSPS) is 20.7. The number of aliphatic hydroxyl groups excluding tert-OH is 5. The highest BCUT2D eigenvalue weighted by Gasteiger charge is 2.44. The molecule has 9 heteroatoms. The summed E-state index contributed by atoms with van der Waals surface area (Å²) in [6, 6.07) is -0.802. The number of carbonyl (C=O) groups excluding carboxylic acids is 1. The van der Waals surface area contributed by atoms with Gasteiger partial charge in [-0.05, 0) is 57.8 Å². The Morgan fingerprint density at radius 1 is 0.548 bits per heavy atom. The van der Waals surface area contributed by atoms with E-state index in [1.165, 1.54) is 154 Å². The van der Waals surface area contributed by atoms with Crippen molar-refractivity contribution in [1.29, 1.82) is 0 Å². The maximum Gasteiger partial charge on any atom is 0.220 e. The predicted octanol–water partition coefficient (Wildman–Crippen LogP) is 11.8. The number of amides is 1. The van der Waals surface area contributed by atoms with E-state index in [1.54, 1.807) is 6.08 Å². The molecular formula is C53H97NO8. The highest BCUT2D eigenvalue weighted by molar-refractivity contribution is 5.76. The van der Waals surface area contributed by atoms with Crippen molar-refractivity contribution in [2.75, 3.05) is 13.2 Å². The molecule has 1 aliphatic heterocycles. The van der Waals surface area contributed by atoms with Gasteiger partial charge in [-0.2, -0.15) is 0 Å². The van der Waals surface area contributed by atoms with E-state index in [1.807, 2.05) is 6.08 Å². The number of unbranched alkanes of at least 4 members (excludes halogenated alkanes) is 27. The maximum absolute atomic E-state index is 12.9. The summed E-state index contributed by atoms with van der Waals surface area (Å²) in [6.07, 6.45) is 49.1. The fourth-order valence-corrected chi connectivity index (χ4v) is 7.99. The molecule has 7 unspecified atom stereocenters. The second-order valence-corrected chi connectivity index (χ2v) is 18.0. The minimum atomic E-state index is -1.56. The number of carbonyl (C=O) groups is 1. The summed E-state index contributed by atoms with van der Waals surface area (Å²) in [5, 5.41) is 54.0. The third-order valence-electron chi connectivity index (χ3n) is 12.1. The van der Waals surface area contributed by atoms with E-state index in [0.717, 1.165) is 51.4 Å². The molecule has 1 heterocycles. The third kappa shape index (κ3) is 32.8. The number of hydrogen-bond donors (Lipinski definition) is 6. The average molecular weight is 876 g/mol. The zero-order valence-electron chi connectivity index (χ0n) is 39.9. The van der Waals surface area contributed by atoms with Gasteiger partial charge in [0.05, 0.1) is 25.4 Å². The molecule has 62 heavy (non-hydrogen) atoms. The van der Waals surface area contributed by atoms with E-state index in [-0.39, 0.29) is 12.5 Å². The fourth-order valence-electron chi connectivity index (χ4n) is 7.99. The van der Waals surface area contributed by atoms with Crippen LogP contribution in [0.15, 0.2) is 48.6 Å². The summed E-state index contributed by atoms with van der Waals surface area (Å²) in [5.74, 6) is -0.180. The summed E-state index contributed by atoms with van der Waals surface area (Å²) in [4.78, 5) is 12.9. The van der Waals surface area contributed by atoms with Gasteiger partial charge in [0.1, 0.15) is 24.4 Å². The van der Waals surface area contributed by atoms with E-state index < -0.39 is 49.5 Å². The Balaban J connectivity index is 2.10. The van der Waals surface area contributed by atoms with Crippen LogP contribution in [0.5, 0.6) is 0 Å². The maximum atomic E-state index is 12.9. The summed E-state index contributed by atoms with van der Waals surface area (Å²) in [5.41, 5.74) is 0. The molecular weight excluding hydrogens is 779 g/mol. The lowest BCUT2D eigenvalue weighted by molar-refractivity contribution is -0.302. The number of nitrogens with one attached hydrogen (secondary N) is 1. The van der Waals surface area contributed by atoms with Crippen molar-refractivity contribution in [3.05, 3.63) is 48.6 Å². The molecule has 0 aliphatic carbocycles. The Morgan fingerprint density at radius 2 is 0.952 bits per heavy atom. The Bertz CT molecular complexity index is 1110. The molecule has 0 saturated carbocycles. The standard InChI is InChI=1S/C53H97NO8/c1-3-5-7-9-11-13-14-15-16-17-18-19-20-21-22-23-24-25-26-27-28-29-30-31-32-33-34-35-37-39-41-43-49(57)54-46(47(56)42-40-38-36-12-10-8-6-4-2)45-61-53-52(60)51(59)50(58)48(44-55)62-53/h14-15,17-18,20-21,40,42,46-48,50-53,55-56,58-60H,3-13,16,19,22-39,41,43-45H2,1-2H3,(H,54,57)/b15-14-,18-17-,21-20-,42-40+. The summed E-state index contributed by atoms with van der Waals surface area (Å²) in [6.45, 7) is 3.72. The predicted molar refractivity (Wildman–Crippen MR) is 258 cm³/mol. The van der Waals surface area contributed by atoms with Crippen molar-refractivity contribution >= 4 is 5.91 Å². The molecule has 1 fully saturated rings. The van der Waals surface area contributed by atoms with E-state index in [4.69, 9.17) is 9.47 Å². The van der Waals surface area contributed by atoms with Crippen molar-refractivity contribution in [2.24, 2.45) is 0 Å². The lowest BCUT2D eigenvalue weighted by Gasteiger charge is -2.40. The molecule has 1 rings (SSSR count). The van der Waals surface area contributed by atoms with Crippen molar-refractivity contribution in [2.45, 2.75) is 269 Å². The Morgan fingerprint density at radius 3 is 1.40 bits per heavy atom. The van der Waals surface area contributed by atoms with Gasteiger partial charge in [-0.3, -0.25) is 4.79 Å². The Labute approximate surface area is 380 Å². The van der Waals surface area contributed by atoms with Crippen molar-refractivity contribution in [3.63, 3.8) is 0 Å². The van der Waals surface area contributed by atoms with Crippen LogP contribution in [-0.4, -0.2) is 87.5 Å². The SMILES string of the molecule is CCCCCCC/C=C\C/C=C\C/C=C\CCCCCCCCCCCCCCCCCCC(=O)NC(COC1OC(CO)C(O)C(O)C1O)C(O)/C=C/CCCCCCCC. The highest BCUT2D eigenvalue weighted by Crippen LogP contribution is 2.23. The van der Waals surface area contributed by atoms with Crippen LogP contribution in [0, 0.1) is 0 Å². The van der Waals surface area contributed by atoms with Crippen LogP contribution in [0.4, 0.5) is 0 Å². The molecule has 0 radical (unpaired) electrons. The zero-order valence-corrected chi connectivity index (χ0v) is 39.9. The van der Waals surface area contributed by atoms with Gasteiger partial charge in [0.25, 0.3) is 0 Å². The van der Waals surface area contributed by atoms with Crippen LogP contribution in [0.25, 0.3) is 0 Å². The first-order valence-corrected chi connectivity index (χ1v) is 25.9. The lowest BCUT2D eigenvalue weighted by Crippen LogP contribution is -2.60. The molecule has 1 saturated heterocycles. The number of ether oxygens (including phenoxy) is 2.